The van der Waals surface area contributed by atoms with E-state index in [0.717, 1.165) is 51.4 Å². The van der Waals surface area contributed by atoms with Crippen LogP contribution in [-0.2, 0) is 4.79 Å². The van der Waals surface area contributed by atoms with E-state index in [2.05, 4.69) is 31.0 Å². The van der Waals surface area contributed by atoms with Gasteiger partial charge in [-0.25, -0.2) is 0 Å². The molecule has 3 heteroatoms. The summed E-state index contributed by atoms with van der Waals surface area (Å²) in [4.78, 5) is 15.3. The Bertz CT molecular complexity index is 326. The lowest BCUT2D eigenvalue weighted by Crippen LogP contribution is -2.47. The maximum atomic E-state index is 13.1. The van der Waals surface area contributed by atoms with Crippen LogP contribution in [0.15, 0.2) is 0 Å². The predicted molar refractivity (Wildman–Crippen MR) is 88.2 cm³/mol. The maximum absolute atomic E-state index is 13.1. The molecule has 0 aromatic carbocycles. The van der Waals surface area contributed by atoms with Gasteiger partial charge in [0.1, 0.15) is 0 Å². The summed E-state index contributed by atoms with van der Waals surface area (Å²) in [5.41, 5.74) is -0.0112. The van der Waals surface area contributed by atoms with Crippen LogP contribution in [0.1, 0.15) is 65.7 Å². The highest BCUT2D eigenvalue weighted by Crippen LogP contribution is 2.45. The van der Waals surface area contributed by atoms with Crippen LogP contribution in [0.3, 0.4) is 0 Å². The molecule has 1 aliphatic carbocycles. The number of nitrogens with zero attached hydrogens (tertiary/aromatic N) is 1. The van der Waals surface area contributed by atoms with E-state index in [1.807, 2.05) is 0 Å². The van der Waals surface area contributed by atoms with E-state index in [-0.39, 0.29) is 5.41 Å². The molecule has 2 aliphatic rings. The highest BCUT2D eigenvalue weighted by Gasteiger charge is 2.44. The van der Waals surface area contributed by atoms with Crippen molar-refractivity contribution in [2.75, 3.05) is 26.2 Å². The molecule has 0 aromatic rings. The molecular formula is C18H34N2O. The summed E-state index contributed by atoms with van der Waals surface area (Å²) >= 11 is 0. The van der Waals surface area contributed by atoms with Crippen molar-refractivity contribution in [1.82, 2.24) is 10.2 Å². The average Bonchev–Trinajstić information content (AvgIpc) is 2.93. The number of hydrogen-bond acceptors (Lipinski definition) is 2. The minimum atomic E-state index is -0.0112. The van der Waals surface area contributed by atoms with Crippen LogP contribution in [0.25, 0.3) is 0 Å². The summed E-state index contributed by atoms with van der Waals surface area (Å²) < 4.78 is 0. The second-order valence-electron chi connectivity index (χ2n) is 7.63. The van der Waals surface area contributed by atoms with Crippen molar-refractivity contribution in [3.05, 3.63) is 0 Å². The summed E-state index contributed by atoms with van der Waals surface area (Å²) in [7, 11) is 0. The molecule has 2 rings (SSSR count). The zero-order valence-electron chi connectivity index (χ0n) is 14.3. The van der Waals surface area contributed by atoms with Gasteiger partial charge in [-0.2, -0.15) is 0 Å². The third kappa shape index (κ3) is 4.21. The summed E-state index contributed by atoms with van der Waals surface area (Å²) in [5.74, 6) is 1.87. The zero-order valence-corrected chi connectivity index (χ0v) is 14.3. The molecule has 1 aliphatic heterocycles. The molecule has 1 saturated carbocycles. The van der Waals surface area contributed by atoms with E-state index < -0.39 is 0 Å². The molecule has 0 spiro atoms. The van der Waals surface area contributed by atoms with Gasteiger partial charge in [0.15, 0.2) is 0 Å². The Hall–Kier alpha value is -0.570. The lowest BCUT2D eigenvalue weighted by Gasteiger charge is -2.39. The van der Waals surface area contributed by atoms with Crippen LogP contribution in [0.4, 0.5) is 0 Å². The number of likely N-dealkylation sites (tertiary alicyclic amines) is 1. The van der Waals surface area contributed by atoms with Crippen LogP contribution in [0, 0.1) is 17.3 Å². The number of amides is 1. The van der Waals surface area contributed by atoms with Crippen molar-refractivity contribution < 1.29 is 4.79 Å². The first-order chi connectivity index (χ1) is 10.1. The van der Waals surface area contributed by atoms with Crippen LogP contribution in [0.2, 0.25) is 0 Å². The number of piperidine rings is 1. The van der Waals surface area contributed by atoms with Gasteiger partial charge in [0.2, 0.25) is 5.91 Å². The molecule has 3 nitrogen and oxygen atoms in total. The fourth-order valence-electron chi connectivity index (χ4n) is 4.36. The van der Waals surface area contributed by atoms with E-state index in [0.29, 0.717) is 11.8 Å². The van der Waals surface area contributed by atoms with Crippen molar-refractivity contribution in [2.45, 2.75) is 65.7 Å². The first kappa shape index (κ1) is 16.8. The van der Waals surface area contributed by atoms with Gasteiger partial charge in [0.05, 0.1) is 0 Å². The van der Waals surface area contributed by atoms with Crippen molar-refractivity contribution in [1.29, 1.82) is 0 Å². The Morgan fingerprint density at radius 3 is 2.38 bits per heavy atom. The zero-order chi connectivity index (χ0) is 15.3. The molecule has 0 unspecified atom stereocenters. The molecule has 122 valence electrons. The standard InChI is InChI=1S/C18H34N2O/c1-4-19-14-16-7-11-20(12-8-16)17(21)18(13-15(2)3)9-5-6-10-18/h15-16,19H,4-14H2,1-3H3. The second kappa shape index (κ2) is 7.62. The van der Waals surface area contributed by atoms with Crippen LogP contribution in [0.5, 0.6) is 0 Å². The second-order valence-corrected chi connectivity index (χ2v) is 7.63. The fourth-order valence-corrected chi connectivity index (χ4v) is 4.36. The fraction of sp³-hybridized carbons (Fsp3) is 0.944. The van der Waals surface area contributed by atoms with Gasteiger partial charge in [0.25, 0.3) is 0 Å². The van der Waals surface area contributed by atoms with Crippen LogP contribution >= 0.6 is 0 Å². The third-order valence-electron chi connectivity index (χ3n) is 5.40. The average molecular weight is 294 g/mol. The van der Waals surface area contributed by atoms with E-state index in [1.165, 1.54) is 25.7 Å². The number of rotatable bonds is 6. The van der Waals surface area contributed by atoms with Crippen LogP contribution in [-0.4, -0.2) is 37.0 Å². The Morgan fingerprint density at radius 2 is 1.86 bits per heavy atom. The number of carbonyl (C=O) groups is 1. The first-order valence-electron chi connectivity index (χ1n) is 9.07. The third-order valence-corrected chi connectivity index (χ3v) is 5.40. The molecule has 1 amide bonds. The van der Waals surface area contributed by atoms with Gasteiger partial charge in [-0.05, 0) is 57.0 Å². The molecule has 0 aromatic heterocycles. The topological polar surface area (TPSA) is 32.3 Å². The Morgan fingerprint density at radius 1 is 1.24 bits per heavy atom. The lowest BCUT2D eigenvalue weighted by atomic mass is 9.76. The lowest BCUT2D eigenvalue weighted by molar-refractivity contribution is -0.144. The normalized spacial score (nSPS) is 23.0. The van der Waals surface area contributed by atoms with E-state index in [9.17, 15) is 4.79 Å². The van der Waals surface area contributed by atoms with Gasteiger partial charge in [0, 0.05) is 18.5 Å². The first-order valence-corrected chi connectivity index (χ1v) is 9.07. The number of hydrogen-bond donors (Lipinski definition) is 1. The maximum Gasteiger partial charge on any atom is 0.228 e. The molecule has 21 heavy (non-hydrogen) atoms. The summed E-state index contributed by atoms with van der Waals surface area (Å²) in [5, 5.41) is 3.45. The molecule has 0 bridgehead atoms. The minimum Gasteiger partial charge on any atom is -0.342 e. The molecule has 0 radical (unpaired) electrons. The molecule has 2 fully saturated rings. The Labute approximate surface area is 130 Å². The summed E-state index contributed by atoms with van der Waals surface area (Å²) in [6, 6.07) is 0. The van der Waals surface area contributed by atoms with Crippen molar-refractivity contribution in [3.8, 4) is 0 Å². The van der Waals surface area contributed by atoms with Gasteiger partial charge in [-0.15, -0.1) is 0 Å². The minimum absolute atomic E-state index is 0.0112. The number of nitrogens with one attached hydrogen (secondary N) is 1. The van der Waals surface area contributed by atoms with E-state index in [1.54, 1.807) is 0 Å². The van der Waals surface area contributed by atoms with Crippen molar-refractivity contribution in [3.63, 3.8) is 0 Å². The van der Waals surface area contributed by atoms with Gasteiger partial charge >= 0.3 is 0 Å². The summed E-state index contributed by atoms with van der Waals surface area (Å²) in [6.45, 7) is 10.8. The SMILES string of the molecule is CCNCC1CCN(C(=O)C2(CC(C)C)CCCC2)CC1. The largest absolute Gasteiger partial charge is 0.342 e. The molecular weight excluding hydrogens is 260 g/mol. The Balaban J connectivity index is 1.90. The molecule has 1 heterocycles. The smallest absolute Gasteiger partial charge is 0.228 e. The Kier molecular flexibility index (Phi) is 6.09. The van der Waals surface area contributed by atoms with E-state index in [4.69, 9.17) is 0 Å². The predicted octanol–water partition coefficient (Wildman–Crippen LogP) is 3.44. The highest BCUT2D eigenvalue weighted by molar-refractivity contribution is 5.83. The monoisotopic (exact) mass is 294 g/mol. The van der Waals surface area contributed by atoms with E-state index >= 15 is 0 Å². The van der Waals surface area contributed by atoms with Crippen LogP contribution < -0.4 is 5.32 Å². The van der Waals surface area contributed by atoms with Crippen molar-refractivity contribution in [2.24, 2.45) is 17.3 Å². The van der Waals surface area contributed by atoms with Gasteiger partial charge in [-0.3, -0.25) is 4.79 Å². The quantitative estimate of drug-likeness (QED) is 0.814. The molecule has 1 N–H and O–H groups in total. The molecule has 1 saturated heterocycles. The van der Waals surface area contributed by atoms with Gasteiger partial charge < -0.3 is 10.2 Å². The van der Waals surface area contributed by atoms with Crippen molar-refractivity contribution >= 4 is 5.91 Å². The number of carbonyl (C=O) groups excluding carboxylic acids is 1. The van der Waals surface area contributed by atoms with Gasteiger partial charge in [-0.1, -0.05) is 33.6 Å². The highest BCUT2D eigenvalue weighted by atomic mass is 16.2. The summed E-state index contributed by atoms with van der Waals surface area (Å²) in [6.07, 6.45) is 8.18. The molecule has 0 atom stereocenters.